The van der Waals surface area contributed by atoms with Gasteiger partial charge in [0, 0.05) is 16.9 Å². The van der Waals surface area contributed by atoms with Crippen molar-refractivity contribution in [3.63, 3.8) is 0 Å². The molecule has 0 aliphatic rings. The first-order chi connectivity index (χ1) is 8.41. The van der Waals surface area contributed by atoms with Gasteiger partial charge in [-0.15, -0.1) is 0 Å². The highest BCUT2D eigenvalue weighted by atomic mass is 19.2. The Hall–Kier alpha value is -2.18. The van der Waals surface area contributed by atoms with Gasteiger partial charge < -0.3 is 9.52 Å². The SMILES string of the molecule is CC(=O)c1c(B(F)F)c2ccc(O)cc2oc1=O. The average Bonchev–Trinajstić information content (AvgIpc) is 2.25. The van der Waals surface area contributed by atoms with E-state index in [1.165, 1.54) is 12.1 Å². The predicted molar refractivity (Wildman–Crippen MR) is 61.8 cm³/mol. The summed E-state index contributed by atoms with van der Waals surface area (Å²) in [4.78, 5) is 22.8. The third-order valence-corrected chi connectivity index (χ3v) is 2.50. The Balaban J connectivity index is 2.99. The van der Waals surface area contributed by atoms with Crippen LogP contribution in [0.1, 0.15) is 17.3 Å². The van der Waals surface area contributed by atoms with E-state index in [0.717, 1.165) is 13.0 Å². The van der Waals surface area contributed by atoms with Gasteiger partial charge in [-0.05, 0) is 19.1 Å². The molecule has 18 heavy (non-hydrogen) atoms. The smallest absolute Gasteiger partial charge is 0.508 e. The Kier molecular flexibility index (Phi) is 2.90. The normalized spacial score (nSPS) is 10.6. The molecular weight excluding hydrogens is 245 g/mol. The summed E-state index contributed by atoms with van der Waals surface area (Å²) in [5.41, 5.74) is -2.62. The maximum absolute atomic E-state index is 13.0. The van der Waals surface area contributed by atoms with E-state index >= 15 is 0 Å². The van der Waals surface area contributed by atoms with Gasteiger partial charge in [0.25, 0.3) is 0 Å². The number of phenols is 1. The molecule has 0 amide bonds. The lowest BCUT2D eigenvalue weighted by Gasteiger charge is -2.07. The zero-order valence-electron chi connectivity index (χ0n) is 9.24. The molecule has 0 spiro atoms. The molecule has 2 aromatic rings. The third-order valence-electron chi connectivity index (χ3n) is 2.50. The zero-order chi connectivity index (χ0) is 13.4. The summed E-state index contributed by atoms with van der Waals surface area (Å²) < 4.78 is 30.8. The monoisotopic (exact) mass is 252 g/mol. The molecule has 0 aliphatic heterocycles. The molecule has 1 N–H and O–H groups in total. The van der Waals surface area contributed by atoms with Gasteiger partial charge in [0.1, 0.15) is 16.9 Å². The second-order valence-corrected chi connectivity index (χ2v) is 3.72. The molecule has 4 nitrogen and oxygen atoms in total. The van der Waals surface area contributed by atoms with Gasteiger partial charge in [-0.2, -0.15) is 0 Å². The highest BCUT2D eigenvalue weighted by Gasteiger charge is 2.29. The fourth-order valence-electron chi connectivity index (χ4n) is 1.77. The molecule has 1 aromatic carbocycles. The lowest BCUT2D eigenvalue weighted by Crippen LogP contribution is -2.34. The number of carbonyl (C=O) groups excluding carboxylic acids is 1. The van der Waals surface area contributed by atoms with Crippen LogP contribution in [0.2, 0.25) is 0 Å². The number of Topliss-reactive ketones (excluding diaryl/α,β-unsaturated/α-hetero) is 1. The topological polar surface area (TPSA) is 67.5 Å². The van der Waals surface area contributed by atoms with Crippen LogP contribution >= 0.6 is 0 Å². The number of hydrogen-bond donors (Lipinski definition) is 1. The number of carbonyl (C=O) groups is 1. The van der Waals surface area contributed by atoms with Gasteiger partial charge in [0.05, 0.1) is 0 Å². The first-order valence-electron chi connectivity index (χ1n) is 5.00. The highest BCUT2D eigenvalue weighted by molar-refractivity contribution is 6.64. The fraction of sp³-hybridized carbons (Fsp3) is 0.0909. The zero-order valence-corrected chi connectivity index (χ0v) is 9.24. The van der Waals surface area contributed by atoms with Crippen molar-refractivity contribution in [2.75, 3.05) is 0 Å². The van der Waals surface area contributed by atoms with Crippen LogP contribution in [-0.2, 0) is 0 Å². The number of benzene rings is 1. The van der Waals surface area contributed by atoms with Crippen molar-refractivity contribution in [1.29, 1.82) is 0 Å². The Bertz CT molecular complexity index is 693. The van der Waals surface area contributed by atoms with Crippen molar-refractivity contribution in [1.82, 2.24) is 0 Å². The molecule has 1 aromatic heterocycles. The molecule has 0 unspecified atom stereocenters. The maximum atomic E-state index is 13.0. The summed E-state index contributed by atoms with van der Waals surface area (Å²) in [7, 11) is -2.99. The second kappa shape index (κ2) is 4.25. The lowest BCUT2D eigenvalue weighted by atomic mass is 9.79. The average molecular weight is 252 g/mol. The fourth-order valence-corrected chi connectivity index (χ4v) is 1.77. The van der Waals surface area contributed by atoms with E-state index in [-0.39, 0.29) is 16.7 Å². The van der Waals surface area contributed by atoms with Crippen LogP contribution in [0.3, 0.4) is 0 Å². The van der Waals surface area contributed by atoms with Crippen LogP contribution < -0.4 is 11.1 Å². The number of halogens is 2. The number of rotatable bonds is 2. The van der Waals surface area contributed by atoms with Crippen LogP contribution in [0.4, 0.5) is 8.63 Å². The molecule has 0 atom stereocenters. The van der Waals surface area contributed by atoms with Crippen LogP contribution in [0.5, 0.6) is 5.75 Å². The van der Waals surface area contributed by atoms with E-state index in [0.29, 0.717) is 0 Å². The van der Waals surface area contributed by atoms with Crippen molar-refractivity contribution in [2.45, 2.75) is 6.92 Å². The van der Waals surface area contributed by atoms with E-state index in [9.17, 15) is 23.3 Å². The van der Waals surface area contributed by atoms with E-state index in [1.54, 1.807) is 0 Å². The Morgan fingerprint density at radius 1 is 1.39 bits per heavy atom. The van der Waals surface area contributed by atoms with Crippen LogP contribution in [-0.4, -0.2) is 18.2 Å². The second-order valence-electron chi connectivity index (χ2n) is 3.72. The Morgan fingerprint density at radius 2 is 2.06 bits per heavy atom. The molecule has 0 saturated heterocycles. The van der Waals surface area contributed by atoms with E-state index < -0.39 is 29.7 Å². The molecular formula is C11H7BF2O4. The van der Waals surface area contributed by atoms with Gasteiger partial charge in [-0.1, -0.05) is 0 Å². The van der Waals surface area contributed by atoms with E-state index in [2.05, 4.69) is 0 Å². The van der Waals surface area contributed by atoms with Gasteiger partial charge in [-0.3, -0.25) is 13.4 Å². The van der Waals surface area contributed by atoms with Gasteiger partial charge >= 0.3 is 12.9 Å². The third kappa shape index (κ3) is 1.87. The number of aromatic hydroxyl groups is 1. The van der Waals surface area contributed by atoms with Gasteiger partial charge in [-0.25, -0.2) is 4.79 Å². The highest BCUT2D eigenvalue weighted by Crippen LogP contribution is 2.19. The van der Waals surface area contributed by atoms with Crippen LogP contribution in [0.15, 0.2) is 27.4 Å². The minimum Gasteiger partial charge on any atom is -0.508 e. The standard InChI is InChI=1S/C11H7BF2O4/c1-5(15)9-10(12(13)14)7-3-2-6(16)4-8(7)18-11(9)17/h2-4,16H,1H3. The van der Waals surface area contributed by atoms with E-state index in [4.69, 9.17) is 4.42 Å². The molecule has 2 rings (SSSR count). The largest absolute Gasteiger partial charge is 0.573 e. The summed E-state index contributed by atoms with van der Waals surface area (Å²) in [6.07, 6.45) is 0. The van der Waals surface area contributed by atoms with Crippen molar-refractivity contribution in [3.05, 3.63) is 34.2 Å². The first kappa shape index (κ1) is 12.3. The molecule has 0 aliphatic carbocycles. The van der Waals surface area contributed by atoms with Crippen molar-refractivity contribution in [2.24, 2.45) is 0 Å². The summed E-state index contributed by atoms with van der Waals surface area (Å²) in [6, 6.07) is 3.41. The first-order valence-corrected chi connectivity index (χ1v) is 5.00. The molecule has 92 valence electrons. The Morgan fingerprint density at radius 3 is 2.61 bits per heavy atom. The minimum atomic E-state index is -2.99. The molecule has 0 fully saturated rings. The maximum Gasteiger partial charge on any atom is 0.573 e. The summed E-state index contributed by atoms with van der Waals surface area (Å²) in [5, 5.41) is 9.15. The van der Waals surface area contributed by atoms with E-state index in [1.807, 2.05) is 0 Å². The predicted octanol–water partition coefficient (Wildman–Crippen LogP) is 1.34. The number of phenolic OH excluding ortho intramolecular Hbond substituents is 1. The van der Waals surface area contributed by atoms with Crippen LogP contribution in [0, 0.1) is 0 Å². The molecule has 7 heteroatoms. The quantitative estimate of drug-likeness (QED) is 0.497. The summed E-state index contributed by atoms with van der Waals surface area (Å²) >= 11 is 0. The van der Waals surface area contributed by atoms with Crippen molar-refractivity contribution < 1.29 is 22.9 Å². The number of fused-ring (bicyclic) bond motifs is 1. The van der Waals surface area contributed by atoms with Crippen molar-refractivity contribution in [3.8, 4) is 5.75 Å². The van der Waals surface area contributed by atoms with Gasteiger partial charge in [0.15, 0.2) is 5.78 Å². The summed E-state index contributed by atoms with van der Waals surface area (Å²) in [5.74, 6) is -1.00. The molecule has 1 heterocycles. The van der Waals surface area contributed by atoms with Crippen LogP contribution in [0.25, 0.3) is 11.0 Å². The Labute approximate surface area is 100 Å². The van der Waals surface area contributed by atoms with Crippen molar-refractivity contribution >= 4 is 29.5 Å². The molecule has 0 radical (unpaired) electrons. The minimum absolute atomic E-state index is 0.0624. The number of ketones is 1. The number of hydrogen-bond acceptors (Lipinski definition) is 4. The molecule has 0 bridgehead atoms. The lowest BCUT2D eigenvalue weighted by molar-refractivity contribution is 0.101. The summed E-state index contributed by atoms with van der Waals surface area (Å²) in [6.45, 7) is 1.02. The van der Waals surface area contributed by atoms with Gasteiger partial charge in [0.2, 0.25) is 0 Å². The molecule has 0 saturated carbocycles.